The zero-order chi connectivity index (χ0) is 22.2. The number of carbonyl (C=O) groups is 1. The lowest BCUT2D eigenvalue weighted by Crippen LogP contribution is -2.45. The maximum absolute atomic E-state index is 12.4. The molecule has 1 aliphatic rings. The van der Waals surface area contributed by atoms with Crippen molar-refractivity contribution in [2.45, 2.75) is 26.9 Å². The van der Waals surface area contributed by atoms with Crippen LogP contribution in [0, 0.1) is 5.92 Å². The number of nitrogens with zero attached hydrogens (tertiary/aromatic N) is 2. The van der Waals surface area contributed by atoms with Crippen molar-refractivity contribution in [3.05, 3.63) is 59.2 Å². The normalized spacial score (nSPS) is 15.1. The van der Waals surface area contributed by atoms with Crippen LogP contribution in [0.25, 0.3) is 0 Å². The van der Waals surface area contributed by atoms with Crippen LogP contribution >= 0.6 is 0 Å². The van der Waals surface area contributed by atoms with Gasteiger partial charge in [0.1, 0.15) is 11.5 Å². The average Bonchev–Trinajstić information content (AvgIpc) is 2.78. The highest BCUT2D eigenvalue weighted by Gasteiger charge is 2.19. The molecule has 168 valence electrons. The Labute approximate surface area is 186 Å². The molecule has 1 fully saturated rings. The van der Waals surface area contributed by atoms with Gasteiger partial charge in [-0.05, 0) is 41.8 Å². The third-order valence-electron chi connectivity index (χ3n) is 5.61. The second-order valence-electron chi connectivity index (χ2n) is 8.53. The quantitative estimate of drug-likeness (QED) is 0.667. The van der Waals surface area contributed by atoms with Gasteiger partial charge in [-0.25, -0.2) is 0 Å². The van der Waals surface area contributed by atoms with Crippen LogP contribution in [0.1, 0.15) is 35.3 Å². The van der Waals surface area contributed by atoms with E-state index < -0.39 is 0 Å². The van der Waals surface area contributed by atoms with Crippen molar-refractivity contribution in [1.82, 2.24) is 15.1 Å². The zero-order valence-corrected chi connectivity index (χ0v) is 19.2. The van der Waals surface area contributed by atoms with Gasteiger partial charge in [-0.3, -0.25) is 14.6 Å². The molecular formula is C25H35N3O3. The van der Waals surface area contributed by atoms with Gasteiger partial charge in [-0.15, -0.1) is 0 Å². The number of methoxy groups -OCH3 is 2. The largest absolute Gasteiger partial charge is 0.497 e. The summed E-state index contributed by atoms with van der Waals surface area (Å²) in [5.41, 5.74) is 3.07. The van der Waals surface area contributed by atoms with E-state index in [1.807, 2.05) is 30.3 Å². The molecule has 1 saturated heterocycles. The van der Waals surface area contributed by atoms with E-state index >= 15 is 0 Å². The molecular weight excluding hydrogens is 390 g/mol. The lowest BCUT2D eigenvalue weighted by Gasteiger charge is -2.35. The van der Waals surface area contributed by atoms with Crippen LogP contribution in [0.4, 0.5) is 0 Å². The molecule has 1 aliphatic heterocycles. The monoisotopic (exact) mass is 425 g/mol. The van der Waals surface area contributed by atoms with Crippen LogP contribution < -0.4 is 14.8 Å². The molecule has 6 heteroatoms. The Morgan fingerprint density at radius 2 is 1.68 bits per heavy atom. The van der Waals surface area contributed by atoms with Crippen molar-refractivity contribution in [3.8, 4) is 11.5 Å². The summed E-state index contributed by atoms with van der Waals surface area (Å²) in [6, 6.07) is 13.9. The molecule has 2 aromatic rings. The summed E-state index contributed by atoms with van der Waals surface area (Å²) in [4.78, 5) is 17.3. The molecule has 31 heavy (non-hydrogen) atoms. The Hall–Kier alpha value is -2.57. The Bertz CT molecular complexity index is 861. The number of nitrogens with one attached hydrogen (secondary N) is 1. The van der Waals surface area contributed by atoms with Gasteiger partial charge >= 0.3 is 0 Å². The van der Waals surface area contributed by atoms with Crippen molar-refractivity contribution in [2.24, 2.45) is 5.92 Å². The number of carbonyl (C=O) groups excluding carboxylic acids is 1. The number of piperazine rings is 1. The van der Waals surface area contributed by atoms with Crippen LogP contribution in [0.5, 0.6) is 11.5 Å². The van der Waals surface area contributed by atoms with Crippen LogP contribution in [0.2, 0.25) is 0 Å². The van der Waals surface area contributed by atoms with E-state index in [0.717, 1.165) is 61.9 Å². The molecule has 0 aliphatic carbocycles. The molecule has 1 amide bonds. The Morgan fingerprint density at radius 3 is 2.32 bits per heavy atom. The van der Waals surface area contributed by atoms with E-state index in [0.29, 0.717) is 12.5 Å². The van der Waals surface area contributed by atoms with Crippen molar-refractivity contribution < 1.29 is 14.3 Å². The van der Waals surface area contributed by atoms with Crippen molar-refractivity contribution in [3.63, 3.8) is 0 Å². The number of hydrogen-bond donors (Lipinski definition) is 1. The number of ether oxygens (including phenoxy) is 2. The molecule has 0 aromatic heterocycles. The molecule has 0 bridgehead atoms. The summed E-state index contributed by atoms with van der Waals surface area (Å²) in [5, 5.41) is 3.00. The van der Waals surface area contributed by atoms with Crippen LogP contribution in [-0.2, 0) is 13.1 Å². The number of benzene rings is 2. The number of rotatable bonds is 9. The van der Waals surface area contributed by atoms with Gasteiger partial charge in [-0.2, -0.15) is 0 Å². The van der Waals surface area contributed by atoms with Gasteiger partial charge in [0.25, 0.3) is 5.91 Å². The SMILES string of the molecule is COc1ccc(OC)c(CN2CCN(Cc3cccc(C(=O)NCC(C)C)c3)CC2)c1. The minimum absolute atomic E-state index is 0.00704. The van der Waals surface area contributed by atoms with E-state index in [1.54, 1.807) is 14.2 Å². The molecule has 0 saturated carbocycles. The fraction of sp³-hybridized carbons (Fsp3) is 0.480. The average molecular weight is 426 g/mol. The van der Waals surface area contributed by atoms with Crippen molar-refractivity contribution in [2.75, 3.05) is 46.9 Å². The Kier molecular flexibility index (Phi) is 8.32. The van der Waals surface area contributed by atoms with Gasteiger partial charge in [0.15, 0.2) is 0 Å². The van der Waals surface area contributed by atoms with E-state index in [1.165, 1.54) is 5.56 Å². The van der Waals surface area contributed by atoms with Gasteiger partial charge in [-0.1, -0.05) is 26.0 Å². The van der Waals surface area contributed by atoms with Crippen molar-refractivity contribution in [1.29, 1.82) is 0 Å². The van der Waals surface area contributed by atoms with E-state index in [4.69, 9.17) is 9.47 Å². The predicted molar refractivity (Wildman–Crippen MR) is 124 cm³/mol. The molecule has 2 aromatic carbocycles. The summed E-state index contributed by atoms with van der Waals surface area (Å²) in [6.07, 6.45) is 0. The standard InChI is InChI=1S/C25H35N3O3/c1-19(2)16-26-25(29)21-7-5-6-20(14-21)17-27-10-12-28(13-11-27)18-22-15-23(30-3)8-9-24(22)31-4/h5-9,14-15,19H,10-13,16-18H2,1-4H3,(H,26,29). The maximum atomic E-state index is 12.4. The lowest BCUT2D eigenvalue weighted by molar-refractivity contribution is 0.0948. The highest BCUT2D eigenvalue weighted by Crippen LogP contribution is 2.25. The summed E-state index contributed by atoms with van der Waals surface area (Å²) in [5.74, 6) is 2.20. The maximum Gasteiger partial charge on any atom is 0.251 e. The lowest BCUT2D eigenvalue weighted by atomic mass is 10.1. The van der Waals surface area contributed by atoms with Crippen LogP contribution in [0.15, 0.2) is 42.5 Å². The molecule has 6 nitrogen and oxygen atoms in total. The molecule has 3 rings (SSSR count). The van der Waals surface area contributed by atoms with Crippen molar-refractivity contribution >= 4 is 5.91 Å². The van der Waals surface area contributed by atoms with E-state index in [2.05, 4.69) is 41.1 Å². The topological polar surface area (TPSA) is 54.0 Å². The fourth-order valence-electron chi connectivity index (χ4n) is 3.82. The third kappa shape index (κ3) is 6.71. The molecule has 0 spiro atoms. The summed E-state index contributed by atoms with van der Waals surface area (Å²) >= 11 is 0. The van der Waals surface area contributed by atoms with Gasteiger partial charge < -0.3 is 14.8 Å². The molecule has 0 radical (unpaired) electrons. The first kappa shape index (κ1) is 23.1. The fourth-order valence-corrected chi connectivity index (χ4v) is 3.82. The van der Waals surface area contributed by atoms with E-state index in [-0.39, 0.29) is 5.91 Å². The minimum Gasteiger partial charge on any atom is -0.497 e. The highest BCUT2D eigenvalue weighted by molar-refractivity contribution is 5.94. The summed E-state index contributed by atoms with van der Waals surface area (Å²) < 4.78 is 10.9. The summed E-state index contributed by atoms with van der Waals surface area (Å²) in [7, 11) is 3.40. The number of amides is 1. The summed E-state index contributed by atoms with van der Waals surface area (Å²) in [6.45, 7) is 10.6. The molecule has 1 heterocycles. The smallest absolute Gasteiger partial charge is 0.251 e. The first-order valence-corrected chi connectivity index (χ1v) is 11.0. The minimum atomic E-state index is 0.00704. The molecule has 0 unspecified atom stereocenters. The third-order valence-corrected chi connectivity index (χ3v) is 5.61. The predicted octanol–water partition coefficient (Wildman–Crippen LogP) is 3.41. The molecule has 1 N–H and O–H groups in total. The molecule has 0 atom stereocenters. The van der Waals surface area contributed by atoms with Gasteiger partial charge in [0.2, 0.25) is 0 Å². The van der Waals surface area contributed by atoms with E-state index in [9.17, 15) is 4.79 Å². The first-order valence-electron chi connectivity index (χ1n) is 11.0. The second kappa shape index (κ2) is 11.2. The highest BCUT2D eigenvalue weighted by atomic mass is 16.5. The Balaban J connectivity index is 1.53. The van der Waals surface area contributed by atoms with Crippen LogP contribution in [0.3, 0.4) is 0 Å². The second-order valence-corrected chi connectivity index (χ2v) is 8.53. The first-order chi connectivity index (χ1) is 15.0. The zero-order valence-electron chi connectivity index (χ0n) is 19.2. The van der Waals surface area contributed by atoms with Crippen LogP contribution in [-0.4, -0.2) is 62.7 Å². The number of hydrogen-bond acceptors (Lipinski definition) is 5. The van der Waals surface area contributed by atoms with Gasteiger partial charge in [0.05, 0.1) is 14.2 Å². The Morgan fingerprint density at radius 1 is 0.968 bits per heavy atom. The van der Waals surface area contributed by atoms with Gasteiger partial charge in [0, 0.05) is 56.9 Å².